The van der Waals surface area contributed by atoms with Crippen molar-refractivity contribution in [1.29, 1.82) is 0 Å². The first kappa shape index (κ1) is 101. The Kier molecular flexibility index (Phi) is 39.4. The number of carboxylic acid groups (broad SMARTS) is 3. The number of benzene rings is 3. The van der Waals surface area contributed by atoms with Crippen molar-refractivity contribution in [3.63, 3.8) is 0 Å². The maximum absolute atomic E-state index is 14.9. The smallest absolute Gasteiger partial charge is 0.326 e. The van der Waals surface area contributed by atoms with Gasteiger partial charge in [-0.3, -0.25) is 71.1 Å². The SMILES string of the molecule is CCCc1cc2c(cc1C)C(c1ccccc1C(=O)N(C)CCCC(=O)NCCNC(=O)c1cccc(C(=O)NCCCCC(NC(=O)C3CCCN3C(=O)CCSSCCC(=O)CCC#Cc3cn([C@H]4CC(O)[C@@H](COPOPOPO)O4)c4ncnc(N)c34)C(=O)N3CCCC3C(=O)NC(CC(=O)O)C(=O)NC(CC(=O)O)C(=O)O)c1)C1C=C(C)C(=NCC)C=C1C2. The van der Waals surface area contributed by atoms with Crippen molar-refractivity contribution in [1.82, 2.24) is 61.1 Å². The van der Waals surface area contributed by atoms with Crippen molar-refractivity contribution in [2.24, 2.45) is 10.9 Å². The van der Waals surface area contributed by atoms with E-state index in [1.165, 1.54) is 89.8 Å². The predicted molar refractivity (Wildman–Crippen MR) is 489 cm³/mol. The summed E-state index contributed by atoms with van der Waals surface area (Å²) < 4.78 is 23.2. The molecule has 0 spiro atoms. The summed E-state index contributed by atoms with van der Waals surface area (Å²) in [5.74, 6) is -3.42. The molecule has 5 aromatic rings. The van der Waals surface area contributed by atoms with Crippen LogP contribution in [0.1, 0.15) is 207 Å². The van der Waals surface area contributed by atoms with Crippen molar-refractivity contribution in [2.75, 3.05) is 76.7 Å². The van der Waals surface area contributed by atoms with Crippen LogP contribution in [0.2, 0.25) is 0 Å². The van der Waals surface area contributed by atoms with Crippen LogP contribution < -0.4 is 37.6 Å². The topological polar surface area (TPSA) is 511 Å². The molecule has 3 fully saturated rings. The van der Waals surface area contributed by atoms with Crippen molar-refractivity contribution in [3.05, 3.63) is 147 Å². The number of aliphatic hydroxyl groups is 1. The number of hydrogen-bond donors (Lipinski definition) is 12. The summed E-state index contributed by atoms with van der Waals surface area (Å²) in [4.78, 5) is 200. The van der Waals surface area contributed by atoms with Gasteiger partial charge in [0, 0.05) is 138 Å². The van der Waals surface area contributed by atoms with Gasteiger partial charge in [-0.05, 0) is 149 Å². The lowest BCUT2D eigenvalue weighted by molar-refractivity contribution is -0.148. The molecule has 5 aliphatic rings. The third-order valence-corrected chi connectivity index (χ3v) is 26.9. The van der Waals surface area contributed by atoms with Gasteiger partial charge in [-0.2, -0.15) is 0 Å². The Morgan fingerprint density at radius 2 is 1.45 bits per heavy atom. The normalized spacial score (nSPS) is 19.3. The van der Waals surface area contributed by atoms with Crippen LogP contribution in [0.25, 0.3) is 11.0 Å². The fraction of sp³-hybridized carbons (Fsp3) is 0.500. The predicted octanol–water partition coefficient (Wildman–Crippen LogP) is 7.47. The lowest BCUT2D eigenvalue weighted by Crippen LogP contribution is -2.58. The first-order valence-electron chi connectivity index (χ1n) is 43.1. The number of anilines is 1. The summed E-state index contributed by atoms with van der Waals surface area (Å²) in [5.41, 5.74) is 17.5. The monoisotopic (exact) mass is 1870 g/mol. The van der Waals surface area contributed by atoms with E-state index in [9.17, 15) is 82.8 Å². The number of fused-ring (bicyclic) bond motifs is 3. The zero-order chi connectivity index (χ0) is 92.8. The highest BCUT2D eigenvalue weighted by Crippen LogP contribution is 2.49. The van der Waals surface area contributed by atoms with Gasteiger partial charge in [0.1, 0.15) is 66.1 Å². The van der Waals surface area contributed by atoms with Crippen LogP contribution in [0.3, 0.4) is 0 Å². The quantitative estimate of drug-likeness (QED) is 0.00777. The molecule has 10 rings (SSSR count). The molecule has 129 heavy (non-hydrogen) atoms. The molecule has 0 saturated carbocycles. The second-order valence-electron chi connectivity index (χ2n) is 31.9. The number of amides is 9. The van der Waals surface area contributed by atoms with E-state index in [4.69, 9.17) is 33.5 Å². The number of aliphatic imine (C=N–C) groups is 1. The number of nitrogen functional groups attached to an aromatic ring is 1. The number of hydrogen-bond acceptors (Lipinski definition) is 25. The molecule has 5 heterocycles. The average Bonchev–Trinajstić information content (AvgIpc) is 1.51. The molecule has 36 nitrogen and oxygen atoms in total. The Morgan fingerprint density at radius 1 is 0.760 bits per heavy atom. The molecule has 0 radical (unpaired) electrons. The van der Waals surface area contributed by atoms with Gasteiger partial charge >= 0.3 is 17.9 Å². The van der Waals surface area contributed by atoms with Gasteiger partial charge in [-0.25, -0.2) is 14.8 Å². The number of nitrogens with two attached hydrogens (primary N) is 1. The lowest BCUT2D eigenvalue weighted by Gasteiger charge is -2.38. The van der Waals surface area contributed by atoms with Crippen LogP contribution in [0, 0.1) is 24.7 Å². The van der Waals surface area contributed by atoms with Crippen LogP contribution in [0.4, 0.5) is 5.82 Å². The van der Waals surface area contributed by atoms with Gasteiger partial charge in [0.05, 0.1) is 42.2 Å². The summed E-state index contributed by atoms with van der Waals surface area (Å²) in [7, 11) is 3.03. The summed E-state index contributed by atoms with van der Waals surface area (Å²) in [6, 6.07) is 10.9. The zero-order valence-electron chi connectivity index (χ0n) is 72.6. The standard InChI is InChI=1S/C88H113N14O22P3S2/c1-6-18-53-41-57-43-58-44-65(90-7-2)52(4)40-63(58)78(62(57)39-51(53)3)60-23-10-11-24-61(60)86(116)99(5)34-17-28-72(105)91-32-33-93-82(112)55-21-14-20-54(42-55)81(111)92-31-13-12-25-64(87(117)101-36-16-27-69(101)85(115)97-66(45-75(107)108)83(113)98-67(88(118)119)46-76(109)110)96-84(114)68-26-15-35-100(68)73(106)30-38-129-128-37-29-59(103)22-9-8-19-56-48-102(80-77(56)79(89)94-50-95-80)74-47-70(104)71(122-74)49-121-126-124-127-123-125-120/h10-11,14,20-21,23-24,39-42,44,48,50,63-64,66-71,74,78,104,120,125-127H,6-7,9,12-13,15-18,22,25-38,43,45-47,49H2,1-5H3,(H,91,105)(H,92,111)(H,93,112)(H,96,114)(H,97,115)(H,98,113)(H,107,108)(H,109,110)(H,118,119)(H2,89,94,95)/t63?,64?,66?,67?,68?,69?,70?,71-,74-,78?/m1/s1. The minimum Gasteiger partial charge on any atom is -0.481 e. The van der Waals surface area contributed by atoms with Crippen LogP contribution >= 0.6 is 48.7 Å². The number of carbonyl (C=O) groups is 13. The molecule has 3 aliphatic heterocycles. The number of nitrogens with zero attached hydrogens (tertiary/aromatic N) is 7. The molecular formula is C88H113N14O22P3S2. The summed E-state index contributed by atoms with van der Waals surface area (Å²) in [6.45, 7) is 9.92. The van der Waals surface area contributed by atoms with Crippen LogP contribution in [0.15, 0.2) is 101 Å². The number of likely N-dealkylation sites (tertiary alicyclic amines) is 2. The molecule has 9 amide bonds. The number of rotatable bonds is 48. The maximum Gasteiger partial charge on any atom is 0.326 e. The third-order valence-electron chi connectivity index (χ3n) is 22.9. The first-order chi connectivity index (χ1) is 62.1. The largest absolute Gasteiger partial charge is 0.481 e. The number of aliphatic hydroxyl groups excluding tert-OH is 1. The molecule has 3 saturated heterocycles. The second-order valence-corrected chi connectivity index (χ2v) is 37.1. The number of allylic oxidation sites excluding steroid dienone is 4. The van der Waals surface area contributed by atoms with E-state index in [1.54, 1.807) is 22.7 Å². The molecule has 694 valence electrons. The fourth-order valence-electron chi connectivity index (χ4n) is 16.5. The number of carboxylic acids is 3. The molecular weight excluding hydrogens is 1760 g/mol. The number of unbranched alkanes of at least 4 members (excludes halogenated alkanes) is 1. The van der Waals surface area contributed by atoms with E-state index in [1.807, 2.05) is 30.4 Å². The van der Waals surface area contributed by atoms with Crippen LogP contribution in [-0.4, -0.2) is 251 Å². The van der Waals surface area contributed by atoms with Gasteiger partial charge in [-0.15, -0.1) is 0 Å². The Bertz CT molecular complexity index is 5090. The maximum atomic E-state index is 14.9. The fourth-order valence-corrected chi connectivity index (χ4v) is 19.8. The zero-order valence-corrected chi connectivity index (χ0v) is 77.2. The highest BCUT2D eigenvalue weighted by molar-refractivity contribution is 8.76. The molecule has 13 atom stereocenters. The summed E-state index contributed by atoms with van der Waals surface area (Å²) in [5, 5.41) is 55.3. The van der Waals surface area contributed by atoms with Crippen molar-refractivity contribution < 1.29 is 106 Å². The van der Waals surface area contributed by atoms with Crippen molar-refractivity contribution >= 4 is 148 Å². The number of carbonyl (C=O) groups excluding carboxylic acids is 10. The highest BCUT2D eigenvalue weighted by atomic mass is 33.1. The van der Waals surface area contributed by atoms with Crippen molar-refractivity contribution in [3.8, 4) is 11.8 Å². The van der Waals surface area contributed by atoms with Gasteiger partial charge in [0.15, 0.2) is 27.1 Å². The molecule has 2 aliphatic carbocycles. The number of aliphatic carboxylic acids is 3. The molecule has 11 unspecified atom stereocenters. The summed E-state index contributed by atoms with van der Waals surface area (Å²) >= 11 is 0. The first-order valence-corrected chi connectivity index (χ1v) is 48.1. The highest BCUT2D eigenvalue weighted by Gasteiger charge is 2.44. The Morgan fingerprint density at radius 3 is 2.16 bits per heavy atom. The van der Waals surface area contributed by atoms with Crippen LogP contribution in [0.5, 0.6) is 0 Å². The average molecular weight is 1880 g/mol. The molecule has 13 N–H and O–H groups in total. The van der Waals surface area contributed by atoms with E-state index in [0.29, 0.717) is 59.6 Å². The molecule has 0 bridgehead atoms. The van der Waals surface area contributed by atoms with E-state index < -0.39 is 142 Å². The van der Waals surface area contributed by atoms with E-state index >= 15 is 0 Å². The lowest BCUT2D eigenvalue weighted by atomic mass is 9.65. The molecule has 2 aromatic heterocycles. The Hall–Kier alpha value is -10.2. The number of Topliss-reactive ketones (excluding diaryl/α,β-unsaturated/α-hetero) is 1. The van der Waals surface area contributed by atoms with E-state index in [-0.39, 0.29) is 169 Å². The van der Waals surface area contributed by atoms with E-state index in [2.05, 4.69) is 99.5 Å². The second kappa shape index (κ2) is 50.3. The van der Waals surface area contributed by atoms with Crippen LogP contribution in [-0.2, 0) is 78.7 Å². The number of ether oxygens (including phenoxy) is 1. The van der Waals surface area contributed by atoms with Gasteiger partial charge in [0.2, 0.25) is 35.4 Å². The number of ketones is 1. The van der Waals surface area contributed by atoms with Gasteiger partial charge < -0.3 is 91.5 Å². The van der Waals surface area contributed by atoms with Gasteiger partial charge in [-0.1, -0.05) is 94.8 Å². The van der Waals surface area contributed by atoms with E-state index in [0.717, 1.165) is 36.1 Å². The third kappa shape index (κ3) is 28.4. The number of aryl methyl sites for hydroxylation is 2. The minimum atomic E-state index is -1.99. The minimum absolute atomic E-state index is 0.0162. The Labute approximate surface area is 760 Å². The number of aromatic nitrogens is 3. The molecule has 41 heteroatoms. The Balaban J connectivity index is 0.683. The summed E-state index contributed by atoms with van der Waals surface area (Å²) in [6.07, 6.45) is 8.78. The molecule has 3 aromatic carbocycles. The van der Waals surface area contributed by atoms with Gasteiger partial charge in [0.25, 0.3) is 17.7 Å². The number of nitrogens with one attached hydrogen (secondary N) is 6. The van der Waals surface area contributed by atoms with Crippen molar-refractivity contribution in [2.45, 2.75) is 204 Å².